The molecule has 0 bridgehead atoms. The van der Waals surface area contributed by atoms with E-state index in [-0.39, 0.29) is 18.3 Å². The Labute approximate surface area is 93.8 Å². The third kappa shape index (κ3) is 1.66. The van der Waals surface area contributed by atoms with Gasteiger partial charge in [0.1, 0.15) is 5.75 Å². The van der Waals surface area contributed by atoms with Crippen molar-refractivity contribution in [3.63, 3.8) is 0 Å². The lowest BCUT2D eigenvalue weighted by molar-refractivity contribution is -0.121. The Balaban J connectivity index is 2.49. The van der Waals surface area contributed by atoms with Gasteiger partial charge in [0, 0.05) is 12.1 Å². The highest BCUT2D eigenvalue weighted by Gasteiger charge is 2.24. The highest BCUT2D eigenvalue weighted by atomic mass is 16.5. The predicted molar refractivity (Wildman–Crippen MR) is 60.0 cm³/mol. The molecule has 0 unspecified atom stereocenters. The lowest BCUT2D eigenvalue weighted by atomic mass is 10.1. The van der Waals surface area contributed by atoms with E-state index in [4.69, 9.17) is 4.74 Å². The number of carbonyl (C=O) groups excluding carboxylic acids is 2. The maximum Gasteiger partial charge on any atom is 0.265 e. The molecule has 0 aromatic heterocycles. The van der Waals surface area contributed by atoms with Crippen LogP contribution in [0.25, 0.3) is 0 Å². The Morgan fingerprint density at radius 2 is 2.25 bits per heavy atom. The first kappa shape index (κ1) is 10.7. The third-order valence-corrected chi connectivity index (χ3v) is 2.62. The van der Waals surface area contributed by atoms with Crippen LogP contribution in [0.2, 0.25) is 0 Å². The molecule has 2 rings (SSSR count). The molecule has 4 nitrogen and oxygen atoms in total. The second kappa shape index (κ2) is 3.96. The quantitative estimate of drug-likeness (QED) is 0.710. The molecule has 1 amide bonds. The van der Waals surface area contributed by atoms with Gasteiger partial charge in [-0.1, -0.05) is 0 Å². The fraction of sp³-hybridized carbons (Fsp3) is 0.333. The van der Waals surface area contributed by atoms with Crippen LogP contribution in [-0.4, -0.2) is 24.8 Å². The molecule has 0 aliphatic carbocycles. The molecular formula is C12H13NO3. The lowest BCUT2D eigenvalue weighted by Gasteiger charge is -2.28. The number of hydrogen-bond donors (Lipinski definition) is 0. The minimum Gasteiger partial charge on any atom is -0.482 e. The number of ether oxygens (including phenoxy) is 1. The second-order valence-electron chi connectivity index (χ2n) is 3.67. The summed E-state index contributed by atoms with van der Waals surface area (Å²) in [5.74, 6) is 0.569. The SMILES string of the molecule is CCN1C(=O)COc2ccc(C(C)=O)cc21. The van der Waals surface area contributed by atoms with E-state index in [1.807, 2.05) is 6.92 Å². The Morgan fingerprint density at radius 1 is 1.50 bits per heavy atom. The topological polar surface area (TPSA) is 46.6 Å². The van der Waals surface area contributed by atoms with Crippen molar-refractivity contribution in [2.24, 2.45) is 0 Å². The molecule has 0 radical (unpaired) electrons. The highest BCUT2D eigenvalue weighted by Crippen LogP contribution is 2.32. The van der Waals surface area contributed by atoms with Gasteiger partial charge in [0.15, 0.2) is 12.4 Å². The summed E-state index contributed by atoms with van der Waals surface area (Å²) in [4.78, 5) is 24.5. The van der Waals surface area contributed by atoms with E-state index in [1.165, 1.54) is 6.92 Å². The van der Waals surface area contributed by atoms with Gasteiger partial charge in [-0.15, -0.1) is 0 Å². The molecule has 0 saturated heterocycles. The first-order chi connectivity index (χ1) is 7.63. The van der Waals surface area contributed by atoms with Crippen molar-refractivity contribution < 1.29 is 14.3 Å². The summed E-state index contributed by atoms with van der Waals surface area (Å²) in [5, 5.41) is 0. The molecule has 0 atom stereocenters. The number of hydrogen-bond acceptors (Lipinski definition) is 3. The molecule has 1 aliphatic rings. The summed E-state index contributed by atoms with van der Waals surface area (Å²) >= 11 is 0. The molecule has 1 heterocycles. The zero-order valence-corrected chi connectivity index (χ0v) is 9.32. The van der Waals surface area contributed by atoms with Crippen LogP contribution < -0.4 is 9.64 Å². The van der Waals surface area contributed by atoms with Gasteiger partial charge in [0.05, 0.1) is 5.69 Å². The van der Waals surface area contributed by atoms with E-state index < -0.39 is 0 Å². The van der Waals surface area contributed by atoms with Crippen LogP contribution in [0.4, 0.5) is 5.69 Å². The largest absolute Gasteiger partial charge is 0.482 e. The van der Waals surface area contributed by atoms with Gasteiger partial charge in [-0.25, -0.2) is 0 Å². The zero-order chi connectivity index (χ0) is 11.7. The molecule has 0 fully saturated rings. The van der Waals surface area contributed by atoms with Gasteiger partial charge in [0.2, 0.25) is 0 Å². The number of likely N-dealkylation sites (N-methyl/N-ethyl adjacent to an activating group) is 1. The van der Waals surface area contributed by atoms with Gasteiger partial charge < -0.3 is 9.64 Å². The van der Waals surface area contributed by atoms with Crippen LogP contribution in [0.1, 0.15) is 24.2 Å². The number of ketones is 1. The van der Waals surface area contributed by atoms with E-state index in [9.17, 15) is 9.59 Å². The Hall–Kier alpha value is -1.84. The number of fused-ring (bicyclic) bond motifs is 1. The fourth-order valence-corrected chi connectivity index (χ4v) is 1.77. The summed E-state index contributed by atoms with van der Waals surface area (Å²) in [6, 6.07) is 5.16. The summed E-state index contributed by atoms with van der Waals surface area (Å²) in [6.07, 6.45) is 0. The van der Waals surface area contributed by atoms with Crippen molar-refractivity contribution >= 4 is 17.4 Å². The minimum atomic E-state index is -0.0734. The number of anilines is 1. The molecule has 84 valence electrons. The molecule has 16 heavy (non-hydrogen) atoms. The molecule has 4 heteroatoms. The maximum atomic E-state index is 11.6. The Bertz CT molecular complexity index is 454. The van der Waals surface area contributed by atoms with Crippen molar-refractivity contribution in [3.8, 4) is 5.75 Å². The third-order valence-electron chi connectivity index (χ3n) is 2.62. The number of amides is 1. The Morgan fingerprint density at radius 3 is 2.88 bits per heavy atom. The molecule has 0 N–H and O–H groups in total. The van der Waals surface area contributed by atoms with E-state index in [1.54, 1.807) is 23.1 Å². The zero-order valence-electron chi connectivity index (χ0n) is 9.32. The van der Waals surface area contributed by atoms with Crippen molar-refractivity contribution in [1.29, 1.82) is 0 Å². The fourth-order valence-electron chi connectivity index (χ4n) is 1.77. The number of benzene rings is 1. The summed E-state index contributed by atoms with van der Waals surface area (Å²) in [5.41, 5.74) is 1.28. The van der Waals surface area contributed by atoms with Gasteiger partial charge in [-0.3, -0.25) is 9.59 Å². The smallest absolute Gasteiger partial charge is 0.265 e. The van der Waals surface area contributed by atoms with Crippen molar-refractivity contribution in [2.75, 3.05) is 18.1 Å². The standard InChI is InChI=1S/C12H13NO3/c1-3-13-10-6-9(8(2)14)4-5-11(10)16-7-12(13)15/h4-6H,3,7H2,1-2H3. The monoisotopic (exact) mass is 219 g/mol. The molecule has 1 aromatic carbocycles. The first-order valence-electron chi connectivity index (χ1n) is 5.21. The van der Waals surface area contributed by atoms with Gasteiger partial charge in [0.25, 0.3) is 5.91 Å². The van der Waals surface area contributed by atoms with E-state index >= 15 is 0 Å². The van der Waals surface area contributed by atoms with Gasteiger partial charge in [-0.2, -0.15) is 0 Å². The van der Waals surface area contributed by atoms with Crippen LogP contribution in [0.5, 0.6) is 5.75 Å². The molecule has 1 aliphatic heterocycles. The van der Waals surface area contributed by atoms with Crippen LogP contribution in [0.3, 0.4) is 0 Å². The number of nitrogens with zero attached hydrogens (tertiary/aromatic N) is 1. The van der Waals surface area contributed by atoms with Crippen molar-refractivity contribution in [1.82, 2.24) is 0 Å². The normalized spacial score (nSPS) is 14.4. The summed E-state index contributed by atoms with van der Waals surface area (Å²) in [6.45, 7) is 4.05. The van der Waals surface area contributed by atoms with Crippen molar-refractivity contribution in [2.45, 2.75) is 13.8 Å². The van der Waals surface area contributed by atoms with Crippen molar-refractivity contribution in [3.05, 3.63) is 23.8 Å². The van der Waals surface area contributed by atoms with E-state index in [0.29, 0.717) is 23.5 Å². The summed E-state index contributed by atoms with van der Waals surface area (Å²) < 4.78 is 5.30. The average Bonchev–Trinajstić information content (AvgIpc) is 2.28. The molecule has 0 saturated carbocycles. The number of Topliss-reactive ketones (excluding diaryl/α,β-unsaturated/α-hetero) is 1. The average molecular weight is 219 g/mol. The Kier molecular flexibility index (Phi) is 2.64. The van der Waals surface area contributed by atoms with Crippen LogP contribution in [0, 0.1) is 0 Å². The first-order valence-corrected chi connectivity index (χ1v) is 5.21. The maximum absolute atomic E-state index is 11.6. The highest BCUT2D eigenvalue weighted by molar-refractivity contribution is 6.01. The lowest BCUT2D eigenvalue weighted by Crippen LogP contribution is -2.38. The number of carbonyl (C=O) groups is 2. The van der Waals surface area contributed by atoms with Gasteiger partial charge >= 0.3 is 0 Å². The van der Waals surface area contributed by atoms with E-state index in [2.05, 4.69) is 0 Å². The van der Waals surface area contributed by atoms with Gasteiger partial charge in [-0.05, 0) is 32.0 Å². The van der Waals surface area contributed by atoms with Crippen LogP contribution in [-0.2, 0) is 4.79 Å². The molecular weight excluding hydrogens is 206 g/mol. The molecule has 0 spiro atoms. The van der Waals surface area contributed by atoms with E-state index in [0.717, 1.165) is 0 Å². The number of rotatable bonds is 2. The minimum absolute atomic E-state index is 0.0168. The van der Waals surface area contributed by atoms with Crippen LogP contribution in [0.15, 0.2) is 18.2 Å². The second-order valence-corrected chi connectivity index (χ2v) is 3.67. The summed E-state index contributed by atoms with van der Waals surface area (Å²) in [7, 11) is 0. The molecule has 1 aromatic rings. The predicted octanol–water partition coefficient (Wildman–Crippen LogP) is 1.63. The van der Waals surface area contributed by atoms with Crippen LogP contribution >= 0.6 is 0 Å².